The number of hydrogen-bond donors (Lipinski definition) is 3. The van der Waals surface area contributed by atoms with Crippen molar-refractivity contribution in [1.29, 1.82) is 0 Å². The second-order valence-electron chi connectivity index (χ2n) is 12.8. The van der Waals surface area contributed by atoms with E-state index in [1.165, 1.54) is 0 Å². The van der Waals surface area contributed by atoms with Crippen molar-refractivity contribution >= 4 is 23.6 Å². The SMILES string of the molecule is COc1ccc(C[N+]2(C)CCC[C@@H](N(C(=O)Nc3ccc(-c4noc(C)n4)cc3)[C@@H](Cc3ccc(O)cc3)C(N)=O)C2)cc1OC.O=C([O-])C(F)(F)F. The molecule has 0 aliphatic carbocycles. The number of hydrogen-bond acceptors (Lipinski definition) is 10. The number of aromatic hydroxyl groups is 1. The number of quaternary nitrogens is 1. The molecule has 1 aliphatic rings. The number of nitrogens with one attached hydrogen (secondary N) is 1. The van der Waals surface area contributed by atoms with Crippen LogP contribution in [-0.4, -0.2) is 95.2 Å². The summed E-state index contributed by atoms with van der Waals surface area (Å²) in [5.41, 5.74) is 9.16. The Labute approximate surface area is 303 Å². The van der Waals surface area contributed by atoms with Gasteiger partial charge in [0.2, 0.25) is 17.6 Å². The van der Waals surface area contributed by atoms with Crippen molar-refractivity contribution in [2.75, 3.05) is 39.7 Å². The van der Waals surface area contributed by atoms with Crippen molar-refractivity contribution < 1.29 is 56.2 Å². The van der Waals surface area contributed by atoms with Gasteiger partial charge in [-0.25, -0.2) is 4.79 Å². The first-order chi connectivity index (χ1) is 25.0. The molecule has 4 N–H and O–H groups in total. The smallest absolute Gasteiger partial charge is 0.430 e. The number of phenols is 1. The number of aliphatic carboxylic acids is 1. The number of methoxy groups -OCH3 is 2. The number of likely N-dealkylation sites (N-methyl/N-ethyl adjacent to an activating group) is 1. The molecule has 1 saturated heterocycles. The summed E-state index contributed by atoms with van der Waals surface area (Å²) in [7, 11) is 5.39. The van der Waals surface area contributed by atoms with E-state index in [1.807, 2.05) is 18.2 Å². The zero-order valence-electron chi connectivity index (χ0n) is 29.6. The van der Waals surface area contributed by atoms with Gasteiger partial charge in [0.25, 0.3) is 0 Å². The largest absolute Gasteiger partial charge is 0.542 e. The number of phenolic OH excluding ortho intramolecular Hbond substituents is 1. The molecule has 3 aromatic carbocycles. The number of anilines is 1. The number of piperidine rings is 1. The molecule has 14 nitrogen and oxygen atoms in total. The maximum absolute atomic E-state index is 14.2. The molecular weight excluding hydrogens is 701 g/mol. The lowest BCUT2D eigenvalue weighted by molar-refractivity contribution is -0.928. The molecule has 3 atom stereocenters. The van der Waals surface area contributed by atoms with E-state index in [9.17, 15) is 27.9 Å². The number of likely N-dealkylation sites (tertiary alicyclic amines) is 1. The average molecular weight is 743 g/mol. The number of amides is 3. The molecule has 1 fully saturated rings. The first-order valence-corrected chi connectivity index (χ1v) is 16.4. The van der Waals surface area contributed by atoms with Crippen molar-refractivity contribution in [2.45, 2.75) is 51.0 Å². The highest BCUT2D eigenvalue weighted by Crippen LogP contribution is 2.32. The Kier molecular flexibility index (Phi) is 12.9. The van der Waals surface area contributed by atoms with Crippen molar-refractivity contribution in [2.24, 2.45) is 5.73 Å². The van der Waals surface area contributed by atoms with Crippen molar-refractivity contribution in [3.05, 3.63) is 83.7 Å². The van der Waals surface area contributed by atoms with Gasteiger partial charge >= 0.3 is 12.2 Å². The standard InChI is InChI=1S/C34H40N6O6.C2HF3O2/c1-22-36-33(38-46-22)25-10-12-26(13-11-25)37-34(43)39(29(32(35)42)18-23-7-14-28(41)15-8-23)27-6-5-17-40(2,21-27)20-24-9-16-30(44-3)31(19-24)45-4;3-2(4,5)1(6)7/h7-16,19,27,29H,5-6,17-18,20-21H2,1-4H3,(H3-,35,37,38,41,42,43);(H,6,7)/t27-,29+,40?;/m1./s1. The first-order valence-electron chi connectivity index (χ1n) is 16.4. The van der Waals surface area contributed by atoms with Gasteiger partial charge in [-0.3, -0.25) is 4.79 Å². The van der Waals surface area contributed by atoms with Gasteiger partial charge in [-0.05, 0) is 73.0 Å². The zero-order valence-corrected chi connectivity index (χ0v) is 29.6. The van der Waals surface area contributed by atoms with Gasteiger partial charge < -0.3 is 49.4 Å². The number of carbonyl (C=O) groups is 3. The number of halogens is 3. The summed E-state index contributed by atoms with van der Waals surface area (Å²) in [6, 6.07) is 18.0. The lowest BCUT2D eigenvalue weighted by Gasteiger charge is -2.46. The molecule has 4 aromatic rings. The summed E-state index contributed by atoms with van der Waals surface area (Å²) >= 11 is 0. The minimum Gasteiger partial charge on any atom is -0.542 e. The molecule has 284 valence electrons. The molecule has 0 bridgehead atoms. The number of aromatic nitrogens is 2. The van der Waals surface area contributed by atoms with Crippen LogP contribution in [0.5, 0.6) is 17.2 Å². The fraction of sp³-hybridized carbons (Fsp3) is 0.361. The van der Waals surface area contributed by atoms with Gasteiger partial charge in [0.05, 0.1) is 40.4 Å². The fourth-order valence-corrected chi connectivity index (χ4v) is 6.25. The first kappa shape index (κ1) is 39.9. The topological polar surface area (TPSA) is 193 Å². The van der Waals surface area contributed by atoms with E-state index in [1.54, 1.807) is 74.6 Å². The highest BCUT2D eigenvalue weighted by atomic mass is 19.4. The normalized spacial score (nSPS) is 17.5. The quantitative estimate of drug-likeness (QED) is 0.190. The van der Waals surface area contributed by atoms with Crippen molar-refractivity contribution in [3.8, 4) is 28.6 Å². The molecule has 0 saturated carbocycles. The molecule has 1 aliphatic heterocycles. The van der Waals surface area contributed by atoms with E-state index in [2.05, 4.69) is 22.5 Å². The van der Waals surface area contributed by atoms with Gasteiger partial charge in [-0.1, -0.05) is 17.3 Å². The number of carbonyl (C=O) groups excluding carboxylic acids is 3. The van der Waals surface area contributed by atoms with Crippen LogP contribution >= 0.6 is 0 Å². The number of nitrogens with two attached hydrogens (primary N) is 1. The number of alkyl halides is 3. The molecule has 0 spiro atoms. The predicted molar refractivity (Wildman–Crippen MR) is 183 cm³/mol. The highest BCUT2D eigenvalue weighted by molar-refractivity contribution is 5.94. The molecule has 53 heavy (non-hydrogen) atoms. The monoisotopic (exact) mass is 742 g/mol. The van der Waals surface area contributed by atoms with Crippen LogP contribution in [0, 0.1) is 6.92 Å². The number of nitrogens with zero attached hydrogens (tertiary/aromatic N) is 4. The summed E-state index contributed by atoms with van der Waals surface area (Å²) in [6.07, 6.45) is -3.43. The second kappa shape index (κ2) is 17.1. The van der Waals surface area contributed by atoms with E-state index in [0.29, 0.717) is 52.9 Å². The summed E-state index contributed by atoms with van der Waals surface area (Å²) < 4.78 is 48.2. The van der Waals surface area contributed by atoms with Gasteiger partial charge in [0.1, 0.15) is 24.3 Å². The third kappa shape index (κ3) is 10.8. The lowest BCUT2D eigenvalue weighted by atomic mass is 9.96. The average Bonchev–Trinajstić information content (AvgIpc) is 3.54. The van der Waals surface area contributed by atoms with Crippen LogP contribution in [0.2, 0.25) is 0 Å². The van der Waals surface area contributed by atoms with Crippen LogP contribution in [0.3, 0.4) is 0 Å². The third-order valence-corrected chi connectivity index (χ3v) is 8.71. The van der Waals surface area contributed by atoms with E-state index >= 15 is 0 Å². The Morgan fingerprint density at radius 3 is 2.23 bits per heavy atom. The predicted octanol–water partition coefficient (Wildman–Crippen LogP) is 3.81. The molecule has 17 heteroatoms. The molecule has 0 radical (unpaired) electrons. The van der Waals surface area contributed by atoms with Crippen LogP contribution in [0.15, 0.2) is 71.3 Å². The number of urea groups is 1. The number of rotatable bonds is 11. The summed E-state index contributed by atoms with van der Waals surface area (Å²) in [4.78, 5) is 41.9. The summed E-state index contributed by atoms with van der Waals surface area (Å²) in [6.45, 7) is 3.92. The highest BCUT2D eigenvalue weighted by Gasteiger charge is 2.41. The van der Waals surface area contributed by atoms with E-state index in [0.717, 1.165) is 29.7 Å². The fourth-order valence-electron chi connectivity index (χ4n) is 6.25. The molecule has 1 unspecified atom stereocenters. The number of primary amides is 1. The summed E-state index contributed by atoms with van der Waals surface area (Å²) in [5.74, 6) is -1.27. The van der Waals surface area contributed by atoms with Crippen molar-refractivity contribution in [3.63, 3.8) is 0 Å². The van der Waals surface area contributed by atoms with E-state index in [4.69, 9.17) is 29.6 Å². The molecule has 3 amide bonds. The maximum Gasteiger partial charge on any atom is 0.430 e. The minimum atomic E-state index is -5.19. The number of ether oxygens (including phenoxy) is 2. The number of carboxylic acids is 1. The lowest BCUT2D eigenvalue weighted by Crippen LogP contribution is -2.62. The maximum atomic E-state index is 14.2. The Hall–Kier alpha value is -5.84. The number of benzene rings is 3. The molecule has 2 heterocycles. The zero-order chi connectivity index (χ0) is 38.9. The Morgan fingerprint density at radius 2 is 1.68 bits per heavy atom. The Bertz CT molecular complexity index is 1870. The van der Waals surface area contributed by atoms with Gasteiger partial charge in [0, 0.05) is 30.2 Å². The van der Waals surface area contributed by atoms with Crippen molar-refractivity contribution in [1.82, 2.24) is 15.0 Å². The Morgan fingerprint density at radius 1 is 1.06 bits per heavy atom. The van der Waals surface area contributed by atoms with Gasteiger partial charge in [-0.2, -0.15) is 18.2 Å². The van der Waals surface area contributed by atoms with E-state index < -0.39 is 30.1 Å². The third-order valence-electron chi connectivity index (χ3n) is 8.71. The van der Waals surface area contributed by atoms with Gasteiger partial charge in [0.15, 0.2) is 11.5 Å². The van der Waals surface area contributed by atoms with Crippen LogP contribution < -0.4 is 25.6 Å². The number of carboxylic acid groups (broad SMARTS) is 1. The van der Waals surface area contributed by atoms with Crippen LogP contribution in [0.1, 0.15) is 29.9 Å². The van der Waals surface area contributed by atoms with Crippen LogP contribution in [-0.2, 0) is 22.6 Å². The Balaban J connectivity index is 0.000000815. The minimum absolute atomic E-state index is 0.115. The van der Waals surface area contributed by atoms with Crippen LogP contribution in [0.4, 0.5) is 23.7 Å². The molecule has 1 aromatic heterocycles. The number of aryl methyl sites for hydroxylation is 1. The van der Waals surface area contributed by atoms with Gasteiger partial charge in [-0.15, -0.1) is 0 Å². The van der Waals surface area contributed by atoms with Crippen LogP contribution in [0.25, 0.3) is 11.4 Å². The molecular formula is C36H41F3N6O8. The van der Waals surface area contributed by atoms with E-state index in [-0.39, 0.29) is 18.2 Å². The second-order valence-corrected chi connectivity index (χ2v) is 12.8. The summed E-state index contributed by atoms with van der Waals surface area (Å²) in [5, 5.41) is 25.5. The molecule has 5 rings (SSSR count).